The van der Waals surface area contributed by atoms with Crippen molar-refractivity contribution in [1.29, 1.82) is 0 Å². The number of ether oxygens (including phenoxy) is 1. The highest BCUT2D eigenvalue weighted by molar-refractivity contribution is 7.90. The number of nitrogens with one attached hydrogen (secondary N) is 1. The molecule has 5 nitrogen and oxygen atoms in total. The minimum Gasteiger partial charge on any atom is -0.364 e. The number of rotatable bonds is 3. The summed E-state index contributed by atoms with van der Waals surface area (Å²) in [5.74, 6) is 0. The molecule has 1 aliphatic heterocycles. The quantitative estimate of drug-likeness (QED) is 0.858. The summed E-state index contributed by atoms with van der Waals surface area (Å²) in [6.07, 6.45) is 0. The van der Waals surface area contributed by atoms with E-state index >= 15 is 0 Å². The van der Waals surface area contributed by atoms with Gasteiger partial charge >= 0.3 is 10.2 Å². The van der Waals surface area contributed by atoms with Crippen LogP contribution >= 0.6 is 0 Å². The fraction of sp³-hybridized carbons (Fsp3) is 0.400. The Morgan fingerprint density at radius 3 is 2.56 bits per heavy atom. The van der Waals surface area contributed by atoms with Crippen molar-refractivity contribution in [2.24, 2.45) is 0 Å². The third-order valence-corrected chi connectivity index (χ3v) is 3.82. The zero-order chi connectivity index (χ0) is 11.6. The van der Waals surface area contributed by atoms with Crippen LogP contribution in [0.2, 0.25) is 0 Å². The van der Waals surface area contributed by atoms with Crippen LogP contribution in [0.1, 0.15) is 5.56 Å². The number of benzene rings is 1. The summed E-state index contributed by atoms with van der Waals surface area (Å²) in [6.45, 7) is 2.93. The second-order valence-corrected chi connectivity index (χ2v) is 5.36. The van der Waals surface area contributed by atoms with Crippen molar-refractivity contribution >= 4 is 15.9 Å². The van der Waals surface area contributed by atoms with Gasteiger partial charge in [-0.15, -0.1) is 0 Å². The van der Waals surface area contributed by atoms with Gasteiger partial charge in [-0.2, -0.15) is 12.7 Å². The molecule has 1 N–H and O–H groups in total. The lowest BCUT2D eigenvalue weighted by Gasteiger charge is -2.15. The van der Waals surface area contributed by atoms with E-state index in [1.807, 2.05) is 19.1 Å². The van der Waals surface area contributed by atoms with Gasteiger partial charge in [0.25, 0.3) is 0 Å². The lowest BCUT2D eigenvalue weighted by molar-refractivity contribution is 0.172. The van der Waals surface area contributed by atoms with E-state index < -0.39 is 10.2 Å². The van der Waals surface area contributed by atoms with Crippen LogP contribution in [-0.2, 0) is 14.9 Å². The minimum absolute atomic E-state index is 0.126. The van der Waals surface area contributed by atoms with Crippen molar-refractivity contribution in [3.05, 3.63) is 29.8 Å². The van der Waals surface area contributed by atoms with Crippen molar-refractivity contribution < 1.29 is 13.2 Å². The fourth-order valence-electron chi connectivity index (χ4n) is 1.42. The van der Waals surface area contributed by atoms with E-state index in [4.69, 9.17) is 4.74 Å². The molecule has 0 aromatic heterocycles. The van der Waals surface area contributed by atoms with Gasteiger partial charge in [0.1, 0.15) is 6.73 Å². The molecule has 0 spiro atoms. The molecule has 1 aromatic carbocycles. The number of anilines is 1. The van der Waals surface area contributed by atoms with Gasteiger partial charge in [-0.3, -0.25) is 4.72 Å². The Labute approximate surface area is 95.2 Å². The monoisotopic (exact) mass is 242 g/mol. The van der Waals surface area contributed by atoms with E-state index in [1.54, 1.807) is 12.1 Å². The predicted octanol–water partition coefficient (Wildman–Crippen LogP) is 0.941. The minimum atomic E-state index is -3.47. The van der Waals surface area contributed by atoms with Crippen molar-refractivity contribution in [3.8, 4) is 0 Å². The molecule has 0 unspecified atom stereocenters. The first kappa shape index (κ1) is 11.4. The maximum absolute atomic E-state index is 11.8. The lowest BCUT2D eigenvalue weighted by Crippen LogP contribution is -2.33. The van der Waals surface area contributed by atoms with Crippen molar-refractivity contribution in [3.63, 3.8) is 0 Å². The smallest absolute Gasteiger partial charge is 0.303 e. The first-order chi connectivity index (χ1) is 7.58. The van der Waals surface area contributed by atoms with Gasteiger partial charge in [0, 0.05) is 12.2 Å². The van der Waals surface area contributed by atoms with Crippen LogP contribution in [0.5, 0.6) is 0 Å². The molecule has 0 aliphatic carbocycles. The molecule has 1 aromatic rings. The van der Waals surface area contributed by atoms with Crippen molar-refractivity contribution in [1.82, 2.24) is 4.31 Å². The third-order valence-electron chi connectivity index (χ3n) is 2.36. The normalized spacial score (nSPS) is 17.6. The van der Waals surface area contributed by atoms with Gasteiger partial charge in [0.05, 0.1) is 6.61 Å². The molecule has 88 valence electrons. The average Bonchev–Trinajstić information content (AvgIpc) is 2.75. The Morgan fingerprint density at radius 2 is 2.00 bits per heavy atom. The van der Waals surface area contributed by atoms with Gasteiger partial charge in [-0.1, -0.05) is 17.7 Å². The van der Waals surface area contributed by atoms with Crippen LogP contribution in [0, 0.1) is 6.92 Å². The number of aryl methyl sites for hydroxylation is 1. The SMILES string of the molecule is Cc1ccc(NS(=O)(=O)N2CCOC2)cc1. The van der Waals surface area contributed by atoms with E-state index in [-0.39, 0.29) is 6.73 Å². The van der Waals surface area contributed by atoms with Gasteiger partial charge in [0.2, 0.25) is 0 Å². The highest BCUT2D eigenvalue weighted by atomic mass is 32.2. The molecular formula is C10H14N2O3S. The first-order valence-electron chi connectivity index (χ1n) is 5.00. The summed E-state index contributed by atoms with van der Waals surface area (Å²) < 4.78 is 32.4. The summed E-state index contributed by atoms with van der Waals surface area (Å²) in [5, 5.41) is 0. The standard InChI is InChI=1S/C10H14N2O3S/c1-9-2-4-10(5-3-9)11-16(13,14)12-6-7-15-8-12/h2-5,11H,6-8H2,1H3. The van der Waals surface area contributed by atoms with Crippen LogP contribution < -0.4 is 4.72 Å². The summed E-state index contributed by atoms with van der Waals surface area (Å²) in [4.78, 5) is 0. The Bertz CT molecular complexity index is 449. The molecule has 1 heterocycles. The Hall–Kier alpha value is -1.11. The van der Waals surface area contributed by atoms with Crippen molar-refractivity contribution in [2.45, 2.75) is 6.92 Å². The molecular weight excluding hydrogens is 228 g/mol. The van der Waals surface area contributed by atoms with Crippen LogP contribution in [0.25, 0.3) is 0 Å². The summed E-state index contributed by atoms with van der Waals surface area (Å²) >= 11 is 0. The van der Waals surface area contributed by atoms with Crippen LogP contribution in [-0.4, -0.2) is 32.6 Å². The van der Waals surface area contributed by atoms with Gasteiger partial charge in [-0.05, 0) is 19.1 Å². The molecule has 0 atom stereocenters. The molecule has 0 saturated carbocycles. The van der Waals surface area contributed by atoms with Crippen molar-refractivity contribution in [2.75, 3.05) is 24.6 Å². The molecule has 1 aliphatic rings. The van der Waals surface area contributed by atoms with E-state index in [0.29, 0.717) is 18.8 Å². The highest BCUT2D eigenvalue weighted by Crippen LogP contribution is 2.14. The second-order valence-electron chi connectivity index (χ2n) is 3.69. The first-order valence-corrected chi connectivity index (χ1v) is 6.44. The van der Waals surface area contributed by atoms with Gasteiger partial charge in [0.15, 0.2) is 0 Å². The topological polar surface area (TPSA) is 58.6 Å². The molecule has 16 heavy (non-hydrogen) atoms. The van der Waals surface area contributed by atoms with Crippen LogP contribution in [0.4, 0.5) is 5.69 Å². The molecule has 0 amide bonds. The molecule has 6 heteroatoms. The summed E-state index contributed by atoms with van der Waals surface area (Å²) in [6, 6.07) is 7.20. The van der Waals surface area contributed by atoms with Gasteiger partial charge < -0.3 is 4.74 Å². The highest BCUT2D eigenvalue weighted by Gasteiger charge is 2.25. The number of hydrogen-bond donors (Lipinski definition) is 1. The van der Waals surface area contributed by atoms with Gasteiger partial charge in [-0.25, -0.2) is 0 Å². The van der Waals surface area contributed by atoms with Crippen LogP contribution in [0.3, 0.4) is 0 Å². The zero-order valence-electron chi connectivity index (χ0n) is 9.01. The average molecular weight is 242 g/mol. The summed E-state index contributed by atoms with van der Waals surface area (Å²) in [7, 11) is -3.47. The lowest BCUT2D eigenvalue weighted by atomic mass is 10.2. The molecule has 1 fully saturated rings. The largest absolute Gasteiger partial charge is 0.364 e. The molecule has 0 radical (unpaired) electrons. The van der Waals surface area contributed by atoms with E-state index in [1.165, 1.54) is 4.31 Å². The van der Waals surface area contributed by atoms with E-state index in [2.05, 4.69) is 4.72 Å². The molecule has 1 saturated heterocycles. The summed E-state index contributed by atoms with van der Waals surface area (Å²) in [5.41, 5.74) is 1.66. The number of hydrogen-bond acceptors (Lipinski definition) is 3. The Kier molecular flexibility index (Phi) is 3.13. The number of nitrogens with zero attached hydrogens (tertiary/aromatic N) is 1. The third kappa shape index (κ3) is 2.52. The van der Waals surface area contributed by atoms with Crippen LogP contribution in [0.15, 0.2) is 24.3 Å². The molecule has 2 rings (SSSR count). The molecule has 0 bridgehead atoms. The maximum atomic E-state index is 11.8. The second kappa shape index (κ2) is 4.40. The fourth-order valence-corrected chi connectivity index (χ4v) is 2.51. The van der Waals surface area contributed by atoms with E-state index in [0.717, 1.165) is 5.56 Å². The zero-order valence-corrected chi connectivity index (χ0v) is 9.83. The Morgan fingerprint density at radius 1 is 1.31 bits per heavy atom. The maximum Gasteiger partial charge on any atom is 0.303 e. The predicted molar refractivity (Wildman–Crippen MR) is 61.2 cm³/mol. The Balaban J connectivity index is 2.11. The van der Waals surface area contributed by atoms with E-state index in [9.17, 15) is 8.42 Å².